The third kappa shape index (κ3) is 4.66. The zero-order valence-corrected chi connectivity index (χ0v) is 16.5. The van der Waals surface area contributed by atoms with Gasteiger partial charge in [0.1, 0.15) is 11.5 Å². The van der Waals surface area contributed by atoms with Crippen LogP contribution in [0.1, 0.15) is 51.7 Å². The normalized spacial score (nSPS) is 10.7. The summed E-state index contributed by atoms with van der Waals surface area (Å²) in [7, 11) is 0. The largest absolute Gasteiger partial charge is 0.320 e. The number of rotatable bonds is 5. The van der Waals surface area contributed by atoms with Crippen LogP contribution in [0.2, 0.25) is 0 Å². The summed E-state index contributed by atoms with van der Waals surface area (Å²) in [4.78, 5) is 29.3. The second-order valence-electron chi connectivity index (χ2n) is 7.01. The lowest BCUT2D eigenvalue weighted by molar-refractivity contribution is 0.102. The van der Waals surface area contributed by atoms with Crippen LogP contribution in [0, 0.1) is 12.7 Å². The number of amides is 2. The van der Waals surface area contributed by atoms with E-state index in [0.29, 0.717) is 0 Å². The topological polar surface area (TPSA) is 71.1 Å². The number of para-hydroxylation sites is 2. The quantitative estimate of drug-likeness (QED) is 0.631. The second kappa shape index (κ2) is 8.65. The molecule has 2 N–H and O–H groups in total. The van der Waals surface area contributed by atoms with Crippen molar-refractivity contribution in [2.24, 2.45) is 0 Å². The maximum Gasteiger partial charge on any atom is 0.274 e. The maximum atomic E-state index is 13.8. The van der Waals surface area contributed by atoms with Crippen molar-refractivity contribution < 1.29 is 14.0 Å². The molecule has 0 aliphatic carbocycles. The molecule has 0 saturated carbocycles. The molecule has 1 heterocycles. The first-order valence-corrected chi connectivity index (χ1v) is 9.29. The van der Waals surface area contributed by atoms with Crippen molar-refractivity contribution in [2.75, 3.05) is 10.6 Å². The molecule has 2 amide bonds. The molecular formula is C23H22FN3O2. The van der Waals surface area contributed by atoms with Crippen molar-refractivity contribution in [3.8, 4) is 0 Å². The Labute approximate surface area is 169 Å². The number of anilines is 2. The van der Waals surface area contributed by atoms with E-state index in [-0.39, 0.29) is 22.9 Å². The van der Waals surface area contributed by atoms with E-state index in [2.05, 4.69) is 29.5 Å². The van der Waals surface area contributed by atoms with Crippen LogP contribution >= 0.6 is 0 Å². The number of halogens is 1. The van der Waals surface area contributed by atoms with Gasteiger partial charge in [-0.2, -0.15) is 0 Å². The summed E-state index contributed by atoms with van der Waals surface area (Å²) < 4.78 is 13.8. The third-order valence-corrected chi connectivity index (χ3v) is 4.54. The van der Waals surface area contributed by atoms with Crippen LogP contribution in [0.5, 0.6) is 0 Å². The molecule has 5 nitrogen and oxygen atoms in total. The highest BCUT2D eigenvalue weighted by Gasteiger charge is 2.16. The molecule has 0 radical (unpaired) electrons. The van der Waals surface area contributed by atoms with Crippen LogP contribution in [0.4, 0.5) is 15.8 Å². The van der Waals surface area contributed by atoms with Crippen molar-refractivity contribution in [3.63, 3.8) is 0 Å². The molecule has 29 heavy (non-hydrogen) atoms. The van der Waals surface area contributed by atoms with Gasteiger partial charge in [0.2, 0.25) is 0 Å². The highest BCUT2D eigenvalue weighted by atomic mass is 19.1. The van der Waals surface area contributed by atoms with Crippen LogP contribution in [0.15, 0.2) is 60.8 Å². The fourth-order valence-electron chi connectivity index (χ4n) is 2.97. The van der Waals surface area contributed by atoms with E-state index in [1.165, 1.54) is 36.5 Å². The molecule has 2 aromatic carbocycles. The molecule has 6 heteroatoms. The molecule has 0 unspecified atom stereocenters. The minimum absolute atomic E-state index is 0.0711. The number of benzene rings is 2. The van der Waals surface area contributed by atoms with Crippen molar-refractivity contribution in [3.05, 3.63) is 89.0 Å². The lowest BCUT2D eigenvalue weighted by atomic mass is 9.98. The molecule has 148 valence electrons. The number of aryl methyl sites for hydroxylation is 1. The molecular weight excluding hydrogens is 369 g/mol. The van der Waals surface area contributed by atoms with Crippen LogP contribution in [-0.4, -0.2) is 16.8 Å². The Balaban J connectivity index is 1.82. The van der Waals surface area contributed by atoms with Gasteiger partial charge in [0.25, 0.3) is 11.8 Å². The van der Waals surface area contributed by atoms with E-state index in [9.17, 15) is 14.0 Å². The van der Waals surface area contributed by atoms with Crippen LogP contribution < -0.4 is 10.6 Å². The molecule has 3 aromatic rings. The summed E-state index contributed by atoms with van der Waals surface area (Å²) >= 11 is 0. The van der Waals surface area contributed by atoms with Crippen LogP contribution in [-0.2, 0) is 0 Å². The van der Waals surface area contributed by atoms with Gasteiger partial charge >= 0.3 is 0 Å². The number of carbonyl (C=O) groups is 2. The average molecular weight is 391 g/mol. The average Bonchev–Trinajstić information content (AvgIpc) is 2.71. The summed E-state index contributed by atoms with van der Waals surface area (Å²) in [6.07, 6.45) is 1.38. The van der Waals surface area contributed by atoms with Gasteiger partial charge in [0, 0.05) is 17.4 Å². The summed E-state index contributed by atoms with van der Waals surface area (Å²) in [6.45, 7) is 6.03. The van der Waals surface area contributed by atoms with Crippen molar-refractivity contribution in [1.29, 1.82) is 0 Å². The van der Waals surface area contributed by atoms with E-state index < -0.39 is 17.6 Å². The fraction of sp³-hybridized carbons (Fsp3) is 0.174. The lowest BCUT2D eigenvalue weighted by Gasteiger charge is -2.16. The smallest absolute Gasteiger partial charge is 0.274 e. The Morgan fingerprint density at radius 1 is 0.966 bits per heavy atom. The maximum absolute atomic E-state index is 13.8. The van der Waals surface area contributed by atoms with Gasteiger partial charge in [0.05, 0.1) is 5.69 Å². The summed E-state index contributed by atoms with van der Waals surface area (Å²) in [5, 5.41) is 5.41. The molecule has 3 rings (SSSR count). The predicted octanol–water partition coefficient (Wildman–Crippen LogP) is 5.16. The first-order valence-electron chi connectivity index (χ1n) is 9.29. The van der Waals surface area contributed by atoms with E-state index in [4.69, 9.17) is 0 Å². The van der Waals surface area contributed by atoms with Crippen molar-refractivity contribution >= 4 is 23.2 Å². The monoisotopic (exact) mass is 391 g/mol. The van der Waals surface area contributed by atoms with Gasteiger partial charge in [-0.3, -0.25) is 14.6 Å². The Bertz CT molecular complexity index is 1060. The Kier molecular flexibility index (Phi) is 6.02. The number of carbonyl (C=O) groups excluding carboxylic acids is 2. The van der Waals surface area contributed by atoms with E-state index in [1.54, 1.807) is 6.07 Å². The van der Waals surface area contributed by atoms with Gasteiger partial charge in [-0.05, 0) is 48.2 Å². The molecule has 0 fully saturated rings. The minimum atomic E-state index is -0.534. The molecule has 1 aromatic heterocycles. The fourth-order valence-corrected chi connectivity index (χ4v) is 2.97. The van der Waals surface area contributed by atoms with E-state index >= 15 is 0 Å². The zero-order valence-electron chi connectivity index (χ0n) is 16.5. The van der Waals surface area contributed by atoms with Gasteiger partial charge in [-0.25, -0.2) is 4.39 Å². The number of aromatic nitrogens is 1. The number of hydrogen-bond acceptors (Lipinski definition) is 3. The van der Waals surface area contributed by atoms with Gasteiger partial charge in [-0.15, -0.1) is 0 Å². The summed E-state index contributed by atoms with van der Waals surface area (Å²) in [5.74, 6) is -1.24. The molecule has 0 aliphatic rings. The Morgan fingerprint density at radius 3 is 2.45 bits per heavy atom. The Morgan fingerprint density at radius 2 is 1.72 bits per heavy atom. The molecule has 0 saturated heterocycles. The Hall–Kier alpha value is -3.54. The van der Waals surface area contributed by atoms with Gasteiger partial charge in [0.15, 0.2) is 0 Å². The van der Waals surface area contributed by atoms with Crippen LogP contribution in [0.25, 0.3) is 0 Å². The molecule has 0 bridgehead atoms. The standard InChI is InChI=1S/C23H22FN3O2/c1-14(2)17-8-6-7-15(3)21(17)27-23(29)20-13-16(11-12-25-20)22(28)26-19-10-5-4-9-18(19)24/h4-14H,1-3H3,(H,26,28)(H,27,29). The summed E-state index contributed by atoms with van der Waals surface area (Å²) in [5.41, 5.74) is 3.09. The van der Waals surface area contributed by atoms with E-state index in [0.717, 1.165) is 16.8 Å². The number of hydrogen-bond donors (Lipinski definition) is 2. The van der Waals surface area contributed by atoms with Gasteiger partial charge < -0.3 is 10.6 Å². The minimum Gasteiger partial charge on any atom is -0.320 e. The van der Waals surface area contributed by atoms with E-state index in [1.807, 2.05) is 25.1 Å². The number of pyridine rings is 1. The van der Waals surface area contributed by atoms with Crippen molar-refractivity contribution in [1.82, 2.24) is 4.98 Å². The second-order valence-corrected chi connectivity index (χ2v) is 7.01. The highest BCUT2D eigenvalue weighted by molar-refractivity contribution is 6.08. The number of nitrogens with one attached hydrogen (secondary N) is 2. The predicted molar refractivity (Wildman–Crippen MR) is 112 cm³/mol. The molecule has 0 aliphatic heterocycles. The number of nitrogens with zero attached hydrogens (tertiary/aromatic N) is 1. The first-order chi connectivity index (χ1) is 13.9. The zero-order chi connectivity index (χ0) is 21.0. The summed E-state index contributed by atoms with van der Waals surface area (Å²) in [6, 6.07) is 14.6. The highest BCUT2D eigenvalue weighted by Crippen LogP contribution is 2.27. The van der Waals surface area contributed by atoms with Crippen molar-refractivity contribution in [2.45, 2.75) is 26.7 Å². The first kappa shape index (κ1) is 20.2. The van der Waals surface area contributed by atoms with Crippen LogP contribution in [0.3, 0.4) is 0 Å². The van der Waals surface area contributed by atoms with Gasteiger partial charge in [-0.1, -0.05) is 44.2 Å². The lowest BCUT2D eigenvalue weighted by Crippen LogP contribution is -2.18. The SMILES string of the molecule is Cc1cccc(C(C)C)c1NC(=O)c1cc(C(=O)Nc2ccccc2F)ccn1. The molecule has 0 spiro atoms. The molecule has 0 atom stereocenters. The third-order valence-electron chi connectivity index (χ3n) is 4.54.